The van der Waals surface area contributed by atoms with Crippen molar-refractivity contribution in [2.24, 2.45) is 5.92 Å². The van der Waals surface area contributed by atoms with Gasteiger partial charge in [0.05, 0.1) is 16.6 Å². The van der Waals surface area contributed by atoms with Gasteiger partial charge in [-0.3, -0.25) is 13.8 Å². The highest BCUT2D eigenvalue weighted by Gasteiger charge is 2.20. The summed E-state index contributed by atoms with van der Waals surface area (Å²) in [5.74, 6) is 0.428. The van der Waals surface area contributed by atoms with Crippen molar-refractivity contribution < 1.29 is 13.8 Å². The molecule has 0 heterocycles. The van der Waals surface area contributed by atoms with Crippen LogP contribution >= 0.6 is 0 Å². The first-order valence-electron chi connectivity index (χ1n) is 10.2. The SMILES string of the molecule is O=C(CCNC(=O)C1CCCCC1)Nc1cccc(CS(=O)c2ccccc2)c1. The topological polar surface area (TPSA) is 75.3 Å². The summed E-state index contributed by atoms with van der Waals surface area (Å²) in [7, 11) is -1.13. The number of carbonyl (C=O) groups excluding carboxylic acids is 2. The maximum atomic E-state index is 12.5. The molecule has 0 spiro atoms. The van der Waals surface area contributed by atoms with Gasteiger partial charge in [0.25, 0.3) is 0 Å². The van der Waals surface area contributed by atoms with Gasteiger partial charge in [-0.25, -0.2) is 0 Å². The van der Waals surface area contributed by atoms with E-state index in [-0.39, 0.29) is 24.2 Å². The van der Waals surface area contributed by atoms with Crippen LogP contribution in [0.5, 0.6) is 0 Å². The first-order chi connectivity index (χ1) is 14.1. The summed E-state index contributed by atoms with van der Waals surface area (Å²) >= 11 is 0. The van der Waals surface area contributed by atoms with E-state index in [0.29, 0.717) is 18.0 Å². The monoisotopic (exact) mass is 412 g/mol. The third kappa shape index (κ3) is 6.82. The van der Waals surface area contributed by atoms with Crippen molar-refractivity contribution in [1.29, 1.82) is 0 Å². The predicted molar refractivity (Wildman–Crippen MR) is 116 cm³/mol. The molecular formula is C23H28N2O3S. The average Bonchev–Trinajstić information content (AvgIpc) is 2.75. The molecule has 1 unspecified atom stereocenters. The number of carbonyl (C=O) groups is 2. The molecule has 1 atom stereocenters. The van der Waals surface area contributed by atoms with E-state index in [0.717, 1.165) is 36.1 Å². The number of anilines is 1. The van der Waals surface area contributed by atoms with Crippen molar-refractivity contribution in [1.82, 2.24) is 5.32 Å². The van der Waals surface area contributed by atoms with Gasteiger partial charge < -0.3 is 10.6 Å². The molecule has 2 amide bonds. The van der Waals surface area contributed by atoms with Crippen molar-refractivity contribution in [3.05, 3.63) is 60.2 Å². The fourth-order valence-corrected chi connectivity index (χ4v) is 4.69. The molecule has 0 bridgehead atoms. The van der Waals surface area contributed by atoms with E-state index in [4.69, 9.17) is 0 Å². The van der Waals surface area contributed by atoms with Gasteiger partial charge in [0.2, 0.25) is 11.8 Å². The third-order valence-corrected chi connectivity index (χ3v) is 6.54. The average molecular weight is 413 g/mol. The Morgan fingerprint density at radius 2 is 1.72 bits per heavy atom. The van der Waals surface area contributed by atoms with Crippen LogP contribution in [0.15, 0.2) is 59.5 Å². The lowest BCUT2D eigenvalue weighted by Gasteiger charge is -2.20. The molecule has 6 heteroatoms. The van der Waals surface area contributed by atoms with Crippen molar-refractivity contribution in [3.8, 4) is 0 Å². The maximum Gasteiger partial charge on any atom is 0.226 e. The Bertz CT molecular complexity index is 848. The third-order valence-electron chi connectivity index (χ3n) is 5.14. The van der Waals surface area contributed by atoms with Crippen LogP contribution in [0.4, 0.5) is 5.69 Å². The second-order valence-corrected chi connectivity index (χ2v) is 8.88. The van der Waals surface area contributed by atoms with Crippen LogP contribution in [0.1, 0.15) is 44.1 Å². The number of hydrogen-bond acceptors (Lipinski definition) is 3. The Labute approximate surface area is 174 Å². The Morgan fingerprint density at radius 3 is 2.48 bits per heavy atom. The van der Waals surface area contributed by atoms with E-state index < -0.39 is 10.8 Å². The minimum absolute atomic E-state index is 0.0721. The second kappa shape index (κ2) is 10.9. The summed E-state index contributed by atoms with van der Waals surface area (Å²) in [6, 6.07) is 16.8. The number of amides is 2. The van der Waals surface area contributed by atoms with Crippen molar-refractivity contribution >= 4 is 28.3 Å². The van der Waals surface area contributed by atoms with Crippen molar-refractivity contribution in [2.45, 2.75) is 49.2 Å². The summed E-state index contributed by atoms with van der Waals surface area (Å²) < 4.78 is 12.5. The summed E-state index contributed by atoms with van der Waals surface area (Å²) in [6.07, 6.45) is 5.58. The van der Waals surface area contributed by atoms with Gasteiger partial charge in [-0.15, -0.1) is 0 Å². The van der Waals surface area contributed by atoms with Crippen LogP contribution in [0.25, 0.3) is 0 Å². The fraction of sp³-hybridized carbons (Fsp3) is 0.391. The molecule has 154 valence electrons. The molecule has 0 aromatic heterocycles. The van der Waals surface area contributed by atoms with Gasteiger partial charge in [0, 0.05) is 29.5 Å². The molecule has 29 heavy (non-hydrogen) atoms. The van der Waals surface area contributed by atoms with Crippen LogP contribution in [0.3, 0.4) is 0 Å². The maximum absolute atomic E-state index is 12.5. The van der Waals surface area contributed by atoms with E-state index in [2.05, 4.69) is 10.6 Å². The molecule has 1 fully saturated rings. The normalized spacial score (nSPS) is 15.4. The first kappa shape index (κ1) is 21.2. The highest BCUT2D eigenvalue weighted by atomic mass is 32.2. The zero-order valence-corrected chi connectivity index (χ0v) is 17.4. The molecule has 3 rings (SSSR count). The quantitative estimate of drug-likeness (QED) is 0.688. The predicted octanol–water partition coefficient (Wildman–Crippen LogP) is 4.02. The van der Waals surface area contributed by atoms with E-state index in [1.165, 1.54) is 6.42 Å². The summed E-state index contributed by atoms with van der Waals surface area (Å²) in [5, 5.41) is 5.74. The molecule has 1 aliphatic carbocycles. The van der Waals surface area contributed by atoms with Gasteiger partial charge in [-0.1, -0.05) is 49.6 Å². The number of benzene rings is 2. The van der Waals surface area contributed by atoms with Gasteiger partial charge in [0.15, 0.2) is 0 Å². The smallest absolute Gasteiger partial charge is 0.226 e. The van der Waals surface area contributed by atoms with Gasteiger partial charge in [0.1, 0.15) is 0 Å². The van der Waals surface area contributed by atoms with E-state index in [1.54, 1.807) is 0 Å². The van der Waals surface area contributed by atoms with Crippen LogP contribution < -0.4 is 10.6 Å². The van der Waals surface area contributed by atoms with E-state index in [9.17, 15) is 13.8 Å². The molecule has 2 aromatic rings. The highest BCUT2D eigenvalue weighted by Crippen LogP contribution is 2.23. The largest absolute Gasteiger partial charge is 0.355 e. The summed E-state index contributed by atoms with van der Waals surface area (Å²) in [6.45, 7) is 0.346. The van der Waals surface area contributed by atoms with Crippen LogP contribution in [0.2, 0.25) is 0 Å². The van der Waals surface area contributed by atoms with Gasteiger partial charge in [-0.05, 0) is 42.7 Å². The Hall–Kier alpha value is -2.47. The van der Waals surface area contributed by atoms with Crippen LogP contribution in [0, 0.1) is 5.92 Å². The Balaban J connectivity index is 1.45. The molecule has 5 nitrogen and oxygen atoms in total. The standard InChI is InChI=1S/C23H28N2O3S/c26-22(14-15-24-23(27)19-9-3-1-4-10-19)25-20-11-7-8-18(16-20)17-29(28)21-12-5-2-6-13-21/h2,5-8,11-13,16,19H,1,3-4,9-10,14-15,17H2,(H,24,27)(H,25,26). The zero-order valence-electron chi connectivity index (χ0n) is 16.6. The molecule has 0 radical (unpaired) electrons. The zero-order chi connectivity index (χ0) is 20.5. The second-order valence-electron chi connectivity index (χ2n) is 7.43. The molecule has 2 N–H and O–H groups in total. The molecule has 2 aromatic carbocycles. The number of hydrogen-bond donors (Lipinski definition) is 2. The Kier molecular flexibility index (Phi) is 7.99. The van der Waals surface area contributed by atoms with Crippen molar-refractivity contribution in [2.75, 3.05) is 11.9 Å². The minimum Gasteiger partial charge on any atom is -0.355 e. The lowest BCUT2D eigenvalue weighted by molar-refractivity contribution is -0.126. The summed E-state index contributed by atoms with van der Waals surface area (Å²) in [5.41, 5.74) is 1.58. The molecule has 1 aliphatic rings. The number of nitrogens with one attached hydrogen (secondary N) is 2. The lowest BCUT2D eigenvalue weighted by atomic mass is 9.89. The minimum atomic E-state index is -1.13. The molecular weight excluding hydrogens is 384 g/mol. The molecule has 1 saturated carbocycles. The molecule has 0 saturated heterocycles. The van der Waals surface area contributed by atoms with E-state index in [1.807, 2.05) is 54.6 Å². The van der Waals surface area contributed by atoms with Gasteiger partial charge in [-0.2, -0.15) is 0 Å². The van der Waals surface area contributed by atoms with Crippen LogP contribution in [-0.2, 0) is 26.1 Å². The first-order valence-corrected chi connectivity index (χ1v) is 11.5. The lowest BCUT2D eigenvalue weighted by Crippen LogP contribution is -2.34. The summed E-state index contributed by atoms with van der Waals surface area (Å²) in [4.78, 5) is 25.1. The molecule has 0 aliphatic heterocycles. The van der Waals surface area contributed by atoms with E-state index >= 15 is 0 Å². The Morgan fingerprint density at radius 1 is 0.966 bits per heavy atom. The van der Waals surface area contributed by atoms with Gasteiger partial charge >= 0.3 is 0 Å². The fourth-order valence-electron chi connectivity index (χ4n) is 3.58. The van der Waals surface area contributed by atoms with Crippen LogP contribution in [-0.4, -0.2) is 22.6 Å². The number of rotatable bonds is 8. The highest BCUT2D eigenvalue weighted by molar-refractivity contribution is 7.84. The van der Waals surface area contributed by atoms with Crippen molar-refractivity contribution in [3.63, 3.8) is 0 Å².